The van der Waals surface area contributed by atoms with E-state index in [0.29, 0.717) is 48.9 Å². The van der Waals surface area contributed by atoms with Gasteiger partial charge in [-0.15, -0.1) is 11.8 Å². The third-order valence-corrected chi connectivity index (χ3v) is 6.61. The Balaban J connectivity index is 1.41. The van der Waals surface area contributed by atoms with Crippen LogP contribution in [-0.2, 0) is 22.4 Å². The van der Waals surface area contributed by atoms with Gasteiger partial charge in [0.1, 0.15) is 11.8 Å². The summed E-state index contributed by atoms with van der Waals surface area (Å²) in [5.74, 6) is -1.17. The highest BCUT2D eigenvalue weighted by Crippen LogP contribution is 2.29. The van der Waals surface area contributed by atoms with Crippen molar-refractivity contribution in [2.75, 3.05) is 6.26 Å². The van der Waals surface area contributed by atoms with Gasteiger partial charge >= 0.3 is 0 Å². The van der Waals surface area contributed by atoms with Crippen molar-refractivity contribution in [3.8, 4) is 0 Å². The first kappa shape index (κ1) is 22.0. The summed E-state index contributed by atoms with van der Waals surface area (Å²) in [6.45, 7) is 3.73. The van der Waals surface area contributed by atoms with E-state index in [-0.39, 0.29) is 11.7 Å². The first-order valence-electron chi connectivity index (χ1n) is 10.5. The van der Waals surface area contributed by atoms with Crippen LogP contribution in [-0.4, -0.2) is 40.7 Å². The molecule has 1 unspecified atom stereocenters. The Hall–Kier alpha value is -3.19. The number of allylic oxidation sites excluding steroid dienone is 1. The van der Waals surface area contributed by atoms with Gasteiger partial charge in [0.2, 0.25) is 5.91 Å². The first-order valence-corrected chi connectivity index (χ1v) is 11.7. The number of hydrogen-bond acceptors (Lipinski definition) is 5. The third kappa shape index (κ3) is 4.39. The fraction of sp³-hybridized carbons (Fsp3) is 0.280. The topological polar surface area (TPSA) is 83.6 Å². The molecule has 6 nitrogen and oxygen atoms in total. The Morgan fingerprint density at radius 3 is 2.44 bits per heavy atom. The van der Waals surface area contributed by atoms with Gasteiger partial charge in [0.15, 0.2) is 0 Å². The molecule has 1 atom stereocenters. The van der Waals surface area contributed by atoms with E-state index in [4.69, 9.17) is 0 Å². The van der Waals surface area contributed by atoms with Crippen molar-refractivity contribution in [2.45, 2.75) is 43.0 Å². The average Bonchev–Trinajstić information content (AvgIpc) is 3.03. The highest BCUT2D eigenvalue weighted by Gasteiger charge is 2.43. The number of rotatable bonds is 7. The fourth-order valence-corrected chi connectivity index (χ4v) is 4.51. The minimum absolute atomic E-state index is 0.116. The smallest absolute Gasteiger partial charge is 0.262 e. The minimum Gasteiger partial charge on any atom is -0.329 e. The maximum Gasteiger partial charge on any atom is 0.262 e. The Kier molecular flexibility index (Phi) is 6.28. The van der Waals surface area contributed by atoms with Crippen LogP contribution in [0.15, 0.2) is 59.6 Å². The molecule has 0 saturated carbocycles. The lowest BCUT2D eigenvalue weighted by Gasteiger charge is -2.29. The van der Waals surface area contributed by atoms with Crippen LogP contribution in [0.25, 0.3) is 0 Å². The van der Waals surface area contributed by atoms with Crippen LogP contribution in [0.5, 0.6) is 0 Å². The third-order valence-electron chi connectivity index (χ3n) is 5.87. The van der Waals surface area contributed by atoms with E-state index in [1.54, 1.807) is 30.0 Å². The van der Waals surface area contributed by atoms with E-state index in [0.717, 1.165) is 20.9 Å². The van der Waals surface area contributed by atoms with Crippen molar-refractivity contribution in [1.29, 1.82) is 0 Å². The second-order valence-corrected chi connectivity index (χ2v) is 8.95. The molecule has 2 heterocycles. The Labute approximate surface area is 191 Å². The molecule has 1 fully saturated rings. The van der Waals surface area contributed by atoms with E-state index >= 15 is 0 Å². The molecule has 0 aliphatic carbocycles. The monoisotopic (exact) mass is 448 g/mol. The van der Waals surface area contributed by atoms with Gasteiger partial charge in [-0.25, -0.2) is 0 Å². The van der Waals surface area contributed by atoms with Gasteiger partial charge in [-0.1, -0.05) is 24.8 Å². The molecule has 32 heavy (non-hydrogen) atoms. The molecule has 2 aromatic rings. The maximum absolute atomic E-state index is 13.0. The Morgan fingerprint density at radius 2 is 1.75 bits per heavy atom. The zero-order valence-corrected chi connectivity index (χ0v) is 18.7. The number of amides is 3. The molecule has 2 aliphatic heterocycles. The van der Waals surface area contributed by atoms with Gasteiger partial charge in [0.05, 0.1) is 11.1 Å². The van der Waals surface area contributed by atoms with Crippen molar-refractivity contribution < 1.29 is 19.2 Å². The molecule has 1 saturated heterocycles. The standard InChI is InChI=1S/C25H24N2O4S/c1-15-3-12-22(23(29)26-15)27-24(30)20-11-7-17(14-21(20)25(27)31)4-8-18(28)13-16-5-9-19(32-2)10-6-16/h5-7,9-11,14,22H,1,3-4,8,12-13H2,2H3,(H,26,29). The van der Waals surface area contributed by atoms with Crippen molar-refractivity contribution in [3.05, 3.63) is 77.0 Å². The summed E-state index contributed by atoms with van der Waals surface area (Å²) in [5, 5.41) is 2.63. The average molecular weight is 449 g/mol. The number of aryl methyl sites for hydroxylation is 1. The van der Waals surface area contributed by atoms with Gasteiger partial charge in [0.25, 0.3) is 11.8 Å². The number of carbonyl (C=O) groups is 4. The summed E-state index contributed by atoms with van der Waals surface area (Å²) >= 11 is 1.66. The molecule has 0 bridgehead atoms. The molecule has 0 spiro atoms. The first-order chi connectivity index (χ1) is 15.4. The molecule has 164 valence electrons. The molecular formula is C25H24N2O4S. The number of benzene rings is 2. The van der Waals surface area contributed by atoms with Gasteiger partial charge < -0.3 is 5.32 Å². The molecule has 2 aromatic carbocycles. The highest BCUT2D eigenvalue weighted by atomic mass is 32.2. The van der Waals surface area contributed by atoms with Crippen molar-refractivity contribution in [1.82, 2.24) is 10.2 Å². The molecule has 3 amide bonds. The van der Waals surface area contributed by atoms with Gasteiger partial charge in [-0.05, 0) is 60.9 Å². The minimum atomic E-state index is -0.824. The fourth-order valence-electron chi connectivity index (χ4n) is 4.10. The summed E-state index contributed by atoms with van der Waals surface area (Å²) in [6, 6.07) is 12.2. The predicted molar refractivity (Wildman–Crippen MR) is 123 cm³/mol. The summed E-state index contributed by atoms with van der Waals surface area (Å²) in [5.41, 5.74) is 2.99. The molecule has 1 N–H and O–H groups in total. The number of fused-ring (bicyclic) bond motifs is 1. The lowest BCUT2D eigenvalue weighted by molar-refractivity contribution is -0.125. The number of ketones is 1. The molecule has 2 aliphatic rings. The van der Waals surface area contributed by atoms with E-state index in [1.165, 1.54) is 0 Å². The number of imide groups is 1. The van der Waals surface area contributed by atoms with Crippen LogP contribution in [0.4, 0.5) is 0 Å². The van der Waals surface area contributed by atoms with E-state index in [2.05, 4.69) is 11.9 Å². The molecule has 7 heteroatoms. The van der Waals surface area contributed by atoms with E-state index in [9.17, 15) is 19.2 Å². The molecule has 0 radical (unpaired) electrons. The largest absolute Gasteiger partial charge is 0.329 e. The zero-order valence-electron chi connectivity index (χ0n) is 17.8. The number of Topliss-reactive ketones (excluding diaryl/α,β-unsaturated/α-hetero) is 1. The van der Waals surface area contributed by atoms with Crippen LogP contribution in [0.3, 0.4) is 0 Å². The zero-order chi connectivity index (χ0) is 22.8. The molecule has 0 aromatic heterocycles. The summed E-state index contributed by atoms with van der Waals surface area (Å²) in [6.07, 6.45) is 4.11. The highest BCUT2D eigenvalue weighted by molar-refractivity contribution is 7.98. The van der Waals surface area contributed by atoms with Crippen molar-refractivity contribution >= 4 is 35.3 Å². The van der Waals surface area contributed by atoms with Crippen LogP contribution in [0.1, 0.15) is 51.1 Å². The Morgan fingerprint density at radius 1 is 1.06 bits per heavy atom. The van der Waals surface area contributed by atoms with Gasteiger partial charge in [0, 0.05) is 23.4 Å². The van der Waals surface area contributed by atoms with E-state index in [1.807, 2.05) is 30.5 Å². The SMILES string of the molecule is C=C1CCC(N2C(=O)c3ccc(CCC(=O)Cc4ccc(SC)cc4)cc3C2=O)C(=O)N1. The second-order valence-electron chi connectivity index (χ2n) is 8.07. The molecule has 4 rings (SSSR count). The second kappa shape index (κ2) is 9.12. The number of nitrogens with zero attached hydrogens (tertiary/aromatic N) is 1. The number of nitrogens with one attached hydrogen (secondary N) is 1. The van der Waals surface area contributed by atoms with E-state index < -0.39 is 17.9 Å². The van der Waals surface area contributed by atoms with Gasteiger partial charge in [-0.3, -0.25) is 24.1 Å². The Bertz CT molecular complexity index is 1120. The summed E-state index contributed by atoms with van der Waals surface area (Å²) in [7, 11) is 0. The predicted octanol–water partition coefficient (Wildman–Crippen LogP) is 3.54. The maximum atomic E-state index is 13.0. The number of piperidine rings is 1. The van der Waals surface area contributed by atoms with Crippen LogP contribution >= 0.6 is 11.8 Å². The lowest BCUT2D eigenvalue weighted by atomic mass is 9.99. The lowest BCUT2D eigenvalue weighted by Crippen LogP contribution is -2.51. The normalized spacial score (nSPS) is 18.0. The van der Waals surface area contributed by atoms with Crippen molar-refractivity contribution in [3.63, 3.8) is 0 Å². The van der Waals surface area contributed by atoms with Crippen molar-refractivity contribution in [2.24, 2.45) is 0 Å². The van der Waals surface area contributed by atoms with Gasteiger partial charge in [-0.2, -0.15) is 0 Å². The quantitative estimate of drug-likeness (QED) is 0.517. The van der Waals surface area contributed by atoms with Crippen LogP contribution in [0, 0.1) is 0 Å². The van der Waals surface area contributed by atoms with Crippen LogP contribution < -0.4 is 5.32 Å². The number of thioether (sulfide) groups is 1. The van der Waals surface area contributed by atoms with Crippen LogP contribution in [0.2, 0.25) is 0 Å². The summed E-state index contributed by atoms with van der Waals surface area (Å²) in [4.78, 5) is 52.7. The number of hydrogen-bond donors (Lipinski definition) is 1. The molecular weight excluding hydrogens is 424 g/mol. The summed E-state index contributed by atoms with van der Waals surface area (Å²) < 4.78 is 0. The number of carbonyl (C=O) groups excluding carboxylic acids is 4.